The van der Waals surface area contributed by atoms with Gasteiger partial charge in [-0.05, 0) is 19.0 Å². The van der Waals surface area contributed by atoms with Crippen molar-refractivity contribution in [2.45, 2.75) is 11.8 Å². The first-order valence-electron chi connectivity index (χ1n) is 7.21. The van der Waals surface area contributed by atoms with Crippen molar-refractivity contribution in [3.63, 3.8) is 0 Å². The zero-order valence-corrected chi connectivity index (χ0v) is 13.4. The van der Waals surface area contributed by atoms with Gasteiger partial charge in [-0.3, -0.25) is 5.32 Å². The standard InChI is InChI=1S/C13H18N6O3S/c1-23(21,22)12(8-2-4-14-6-8)19-13(20)18-10-7-16-11-9(17-10)3-5-15-11/h3,5,7-8,12,14H,2,4,6H2,1H3,(H,15,16)(H2,17,18,19,20). The number of hydrogen-bond donors (Lipinski definition) is 4. The second kappa shape index (κ2) is 6.13. The van der Waals surface area contributed by atoms with Crippen molar-refractivity contribution < 1.29 is 13.2 Å². The fourth-order valence-corrected chi connectivity index (χ4v) is 3.93. The smallest absolute Gasteiger partial charge is 0.321 e. The number of carbonyl (C=O) groups excluding carboxylic acids is 1. The highest BCUT2D eigenvalue weighted by Crippen LogP contribution is 2.17. The molecular weight excluding hydrogens is 320 g/mol. The Balaban J connectivity index is 1.71. The van der Waals surface area contributed by atoms with Crippen molar-refractivity contribution in [2.75, 3.05) is 24.7 Å². The minimum absolute atomic E-state index is 0.144. The van der Waals surface area contributed by atoms with E-state index in [1.54, 1.807) is 12.3 Å². The molecule has 0 bridgehead atoms. The topological polar surface area (TPSA) is 129 Å². The van der Waals surface area contributed by atoms with Crippen molar-refractivity contribution in [3.05, 3.63) is 18.5 Å². The van der Waals surface area contributed by atoms with Crippen molar-refractivity contribution in [1.29, 1.82) is 0 Å². The van der Waals surface area contributed by atoms with Gasteiger partial charge in [0.2, 0.25) is 0 Å². The number of aromatic nitrogens is 3. The number of urea groups is 1. The van der Waals surface area contributed by atoms with Crippen LogP contribution < -0.4 is 16.0 Å². The summed E-state index contributed by atoms with van der Waals surface area (Å²) in [5.41, 5.74) is 1.23. The minimum Gasteiger partial charge on any atom is -0.345 e. The third-order valence-corrected chi connectivity index (χ3v) is 5.19. The maximum absolute atomic E-state index is 12.1. The summed E-state index contributed by atoms with van der Waals surface area (Å²) < 4.78 is 23.9. The first-order chi connectivity index (χ1) is 10.9. The molecule has 2 aromatic rings. The van der Waals surface area contributed by atoms with Crippen LogP contribution in [0.5, 0.6) is 0 Å². The van der Waals surface area contributed by atoms with Crippen LogP contribution in [0.4, 0.5) is 10.6 Å². The SMILES string of the molecule is CS(=O)(=O)C(NC(=O)Nc1cnc2[nH]ccc2n1)C1CCNC1. The van der Waals surface area contributed by atoms with Crippen molar-refractivity contribution >= 4 is 32.9 Å². The molecule has 2 unspecified atom stereocenters. The zero-order valence-electron chi connectivity index (χ0n) is 12.5. The average Bonchev–Trinajstić information content (AvgIpc) is 3.14. The van der Waals surface area contributed by atoms with Gasteiger partial charge in [-0.25, -0.2) is 23.2 Å². The third-order valence-electron chi connectivity index (χ3n) is 3.76. The highest BCUT2D eigenvalue weighted by atomic mass is 32.2. The van der Waals surface area contributed by atoms with E-state index in [4.69, 9.17) is 0 Å². The molecule has 4 N–H and O–H groups in total. The van der Waals surface area contributed by atoms with Gasteiger partial charge in [0.1, 0.15) is 10.9 Å². The fourth-order valence-electron chi connectivity index (χ4n) is 2.68. The van der Waals surface area contributed by atoms with Gasteiger partial charge < -0.3 is 15.6 Å². The third kappa shape index (κ3) is 3.59. The number of hydrogen-bond acceptors (Lipinski definition) is 6. The first-order valence-corrected chi connectivity index (χ1v) is 9.16. The summed E-state index contributed by atoms with van der Waals surface area (Å²) in [6.07, 6.45) is 4.93. The predicted molar refractivity (Wildman–Crippen MR) is 85.7 cm³/mol. The Hall–Kier alpha value is -2.20. The second-order valence-corrected chi connectivity index (χ2v) is 7.74. The first kappa shape index (κ1) is 15.7. The largest absolute Gasteiger partial charge is 0.345 e. The van der Waals surface area contributed by atoms with E-state index >= 15 is 0 Å². The fraction of sp³-hybridized carbons (Fsp3) is 0.462. The monoisotopic (exact) mass is 338 g/mol. The molecule has 2 aromatic heterocycles. The number of nitrogens with one attached hydrogen (secondary N) is 4. The lowest BCUT2D eigenvalue weighted by molar-refractivity contribution is 0.248. The molecule has 0 radical (unpaired) electrons. The van der Waals surface area contributed by atoms with E-state index in [9.17, 15) is 13.2 Å². The molecular formula is C13H18N6O3S. The van der Waals surface area contributed by atoms with E-state index in [1.807, 2.05) is 0 Å². The molecule has 1 fully saturated rings. The predicted octanol–water partition coefficient (Wildman–Crippen LogP) is 0.0596. The highest BCUT2D eigenvalue weighted by molar-refractivity contribution is 7.91. The summed E-state index contributed by atoms with van der Waals surface area (Å²) in [6.45, 7) is 1.31. The lowest BCUT2D eigenvalue weighted by atomic mass is 10.1. The lowest BCUT2D eigenvalue weighted by Crippen LogP contribution is -2.47. The molecule has 0 aliphatic carbocycles. The van der Waals surface area contributed by atoms with Crippen molar-refractivity contribution in [2.24, 2.45) is 5.92 Å². The maximum atomic E-state index is 12.1. The van der Waals surface area contributed by atoms with Gasteiger partial charge >= 0.3 is 6.03 Å². The van der Waals surface area contributed by atoms with Crippen molar-refractivity contribution in [1.82, 2.24) is 25.6 Å². The van der Waals surface area contributed by atoms with E-state index in [2.05, 4.69) is 30.9 Å². The van der Waals surface area contributed by atoms with Crippen LogP contribution in [0.2, 0.25) is 0 Å². The Bertz CT molecular complexity index is 812. The molecule has 3 rings (SSSR count). The molecule has 9 nitrogen and oxygen atoms in total. The van der Waals surface area contributed by atoms with Gasteiger partial charge in [0.15, 0.2) is 21.3 Å². The lowest BCUT2D eigenvalue weighted by Gasteiger charge is -2.22. The molecule has 2 atom stereocenters. The van der Waals surface area contributed by atoms with Crippen LogP contribution in [-0.4, -0.2) is 54.1 Å². The summed E-state index contributed by atoms with van der Waals surface area (Å²) >= 11 is 0. The molecule has 10 heteroatoms. The molecule has 124 valence electrons. The number of sulfone groups is 1. The Morgan fingerprint density at radius 2 is 2.30 bits per heavy atom. The summed E-state index contributed by atoms with van der Waals surface area (Å²) in [4.78, 5) is 23.3. The van der Waals surface area contributed by atoms with Gasteiger partial charge in [0, 0.05) is 24.9 Å². The molecule has 2 amide bonds. The van der Waals surface area contributed by atoms with Gasteiger partial charge in [0.25, 0.3) is 0 Å². The number of carbonyl (C=O) groups is 1. The normalized spacial score (nSPS) is 19.6. The summed E-state index contributed by atoms with van der Waals surface area (Å²) in [6, 6.07) is 1.12. The molecule has 0 saturated carbocycles. The summed E-state index contributed by atoms with van der Waals surface area (Å²) in [5, 5.41) is 7.24. The van der Waals surface area contributed by atoms with Crippen LogP contribution >= 0.6 is 0 Å². The number of nitrogens with zero attached hydrogens (tertiary/aromatic N) is 2. The zero-order chi connectivity index (χ0) is 16.4. The number of H-pyrrole nitrogens is 1. The van der Waals surface area contributed by atoms with E-state index in [-0.39, 0.29) is 11.7 Å². The molecule has 3 heterocycles. The number of fused-ring (bicyclic) bond motifs is 1. The number of rotatable bonds is 4. The van der Waals surface area contributed by atoms with Gasteiger partial charge in [0.05, 0.1) is 6.20 Å². The maximum Gasteiger partial charge on any atom is 0.321 e. The molecule has 0 aromatic carbocycles. The number of aromatic amines is 1. The van der Waals surface area contributed by atoms with Gasteiger partial charge in [-0.1, -0.05) is 0 Å². The number of anilines is 1. The van der Waals surface area contributed by atoms with Crippen LogP contribution in [0.3, 0.4) is 0 Å². The van der Waals surface area contributed by atoms with Crippen LogP contribution in [-0.2, 0) is 9.84 Å². The second-order valence-electron chi connectivity index (χ2n) is 5.57. The van der Waals surface area contributed by atoms with Crippen LogP contribution in [0.25, 0.3) is 11.2 Å². The Kier molecular flexibility index (Phi) is 4.18. The van der Waals surface area contributed by atoms with E-state index < -0.39 is 21.2 Å². The summed E-state index contributed by atoms with van der Waals surface area (Å²) in [7, 11) is -3.41. The molecule has 1 aliphatic heterocycles. The van der Waals surface area contributed by atoms with E-state index in [0.717, 1.165) is 12.8 Å². The summed E-state index contributed by atoms with van der Waals surface area (Å²) in [5.74, 6) is 0.111. The molecule has 23 heavy (non-hydrogen) atoms. The van der Waals surface area contributed by atoms with Crippen LogP contribution in [0.1, 0.15) is 6.42 Å². The molecule has 1 saturated heterocycles. The highest BCUT2D eigenvalue weighted by Gasteiger charge is 2.33. The minimum atomic E-state index is -3.41. The van der Waals surface area contributed by atoms with E-state index in [1.165, 1.54) is 6.20 Å². The number of amides is 2. The quantitative estimate of drug-likeness (QED) is 0.624. The Labute approximate surface area is 133 Å². The van der Waals surface area contributed by atoms with E-state index in [0.29, 0.717) is 24.1 Å². The van der Waals surface area contributed by atoms with Crippen molar-refractivity contribution in [3.8, 4) is 0 Å². The van der Waals surface area contributed by atoms with Gasteiger partial charge in [-0.15, -0.1) is 0 Å². The Morgan fingerprint density at radius 1 is 1.48 bits per heavy atom. The molecule has 0 spiro atoms. The average molecular weight is 338 g/mol. The van der Waals surface area contributed by atoms with Crippen LogP contribution in [0.15, 0.2) is 18.5 Å². The van der Waals surface area contributed by atoms with Gasteiger partial charge in [-0.2, -0.15) is 0 Å². The Morgan fingerprint density at radius 3 is 3.00 bits per heavy atom. The molecule has 1 aliphatic rings. The van der Waals surface area contributed by atoms with Crippen LogP contribution in [0, 0.1) is 5.92 Å².